The molecule has 0 bridgehead atoms. The summed E-state index contributed by atoms with van der Waals surface area (Å²) in [6.45, 7) is 6.99. The van der Waals surface area contributed by atoms with Crippen LogP contribution in [0.3, 0.4) is 0 Å². The lowest BCUT2D eigenvalue weighted by Crippen LogP contribution is -2.38. The number of aromatic nitrogens is 1. The Morgan fingerprint density at radius 2 is 2.37 bits per heavy atom. The van der Waals surface area contributed by atoms with Crippen LogP contribution in [0.1, 0.15) is 24.1 Å². The van der Waals surface area contributed by atoms with E-state index < -0.39 is 0 Å². The highest BCUT2D eigenvalue weighted by atomic mass is 16.5. The molecule has 0 aliphatic carbocycles. The first-order valence-electron chi connectivity index (χ1n) is 7.14. The molecule has 1 unspecified atom stereocenters. The van der Waals surface area contributed by atoms with Crippen LogP contribution < -0.4 is 5.32 Å². The van der Waals surface area contributed by atoms with Crippen LogP contribution >= 0.6 is 0 Å². The first-order chi connectivity index (χ1) is 9.28. The first kappa shape index (κ1) is 14.4. The summed E-state index contributed by atoms with van der Waals surface area (Å²) in [5.74, 6) is 0. The third-order valence-electron chi connectivity index (χ3n) is 3.63. The van der Waals surface area contributed by atoms with E-state index in [9.17, 15) is 0 Å². The van der Waals surface area contributed by atoms with E-state index >= 15 is 0 Å². The van der Waals surface area contributed by atoms with Gasteiger partial charge in [-0.3, -0.25) is 9.88 Å². The summed E-state index contributed by atoms with van der Waals surface area (Å²) < 4.78 is 5.22. The second-order valence-electron chi connectivity index (χ2n) is 5.33. The maximum Gasteiger partial charge on any atom is 0.0589 e. The number of aryl methyl sites for hydroxylation is 1. The number of nitrogens with zero attached hydrogens (tertiary/aromatic N) is 2. The van der Waals surface area contributed by atoms with Crippen molar-refractivity contribution >= 4 is 0 Å². The van der Waals surface area contributed by atoms with Gasteiger partial charge in [0.05, 0.1) is 6.61 Å². The Hall–Kier alpha value is -0.970. The molecule has 1 N–H and O–H groups in total. The van der Waals surface area contributed by atoms with Crippen molar-refractivity contribution in [3.8, 4) is 0 Å². The zero-order valence-corrected chi connectivity index (χ0v) is 12.1. The van der Waals surface area contributed by atoms with E-state index in [-0.39, 0.29) is 0 Å². The van der Waals surface area contributed by atoms with Crippen molar-refractivity contribution in [2.75, 3.05) is 33.4 Å². The van der Waals surface area contributed by atoms with Gasteiger partial charge in [0.15, 0.2) is 0 Å². The average molecular weight is 263 g/mol. The fraction of sp³-hybridized carbons (Fsp3) is 0.667. The summed E-state index contributed by atoms with van der Waals surface area (Å²) in [6.07, 6.45) is 4.57. The van der Waals surface area contributed by atoms with Gasteiger partial charge in [-0.2, -0.15) is 0 Å². The molecule has 2 heterocycles. The number of pyridine rings is 1. The maximum absolute atomic E-state index is 5.22. The second kappa shape index (κ2) is 7.58. The van der Waals surface area contributed by atoms with Gasteiger partial charge in [0.25, 0.3) is 0 Å². The fourth-order valence-electron chi connectivity index (χ4n) is 2.53. The molecule has 1 fully saturated rings. The minimum atomic E-state index is 0.635. The Morgan fingerprint density at radius 1 is 1.47 bits per heavy atom. The molecule has 4 heteroatoms. The highest BCUT2D eigenvalue weighted by Crippen LogP contribution is 2.10. The minimum Gasteiger partial charge on any atom is -0.383 e. The second-order valence-corrected chi connectivity index (χ2v) is 5.33. The fourth-order valence-corrected chi connectivity index (χ4v) is 2.53. The van der Waals surface area contributed by atoms with Crippen LogP contribution in [-0.4, -0.2) is 49.3 Å². The molecule has 4 nitrogen and oxygen atoms in total. The number of rotatable bonds is 7. The van der Waals surface area contributed by atoms with Gasteiger partial charge in [-0.15, -0.1) is 0 Å². The molecule has 0 radical (unpaired) electrons. The lowest BCUT2D eigenvalue weighted by Gasteiger charge is -2.25. The standard InChI is InChI=1S/C15H25N3O/c1-13-5-6-14(10-17-13)11-18(8-9-19-2)12-15-4-3-7-16-15/h5-6,10,15-16H,3-4,7-9,11-12H2,1-2H3. The van der Waals surface area contributed by atoms with Gasteiger partial charge in [0.1, 0.15) is 0 Å². The number of hydrogen-bond donors (Lipinski definition) is 1. The summed E-state index contributed by atoms with van der Waals surface area (Å²) in [5.41, 5.74) is 2.35. The van der Waals surface area contributed by atoms with Crippen molar-refractivity contribution in [2.45, 2.75) is 32.4 Å². The molecule has 106 valence electrons. The van der Waals surface area contributed by atoms with Crippen LogP contribution in [0.2, 0.25) is 0 Å². The molecule has 19 heavy (non-hydrogen) atoms. The highest BCUT2D eigenvalue weighted by molar-refractivity contribution is 5.13. The van der Waals surface area contributed by atoms with Crippen molar-refractivity contribution in [3.63, 3.8) is 0 Å². The summed E-state index contributed by atoms with van der Waals surface area (Å²) in [5, 5.41) is 3.56. The largest absolute Gasteiger partial charge is 0.383 e. The van der Waals surface area contributed by atoms with Crippen molar-refractivity contribution in [3.05, 3.63) is 29.6 Å². The van der Waals surface area contributed by atoms with Crippen LogP contribution in [0.4, 0.5) is 0 Å². The molecular weight excluding hydrogens is 238 g/mol. The molecule has 1 saturated heterocycles. The molecule has 1 aliphatic heterocycles. The molecule has 0 aromatic carbocycles. The van der Waals surface area contributed by atoms with E-state index in [0.717, 1.165) is 38.5 Å². The van der Waals surface area contributed by atoms with Crippen LogP contribution in [-0.2, 0) is 11.3 Å². The minimum absolute atomic E-state index is 0.635. The van der Waals surface area contributed by atoms with Crippen LogP contribution in [0, 0.1) is 6.92 Å². The smallest absolute Gasteiger partial charge is 0.0589 e. The zero-order valence-electron chi connectivity index (χ0n) is 12.1. The quantitative estimate of drug-likeness (QED) is 0.810. The third kappa shape index (κ3) is 4.90. The van der Waals surface area contributed by atoms with Gasteiger partial charge in [0.2, 0.25) is 0 Å². The van der Waals surface area contributed by atoms with Crippen LogP contribution in [0.5, 0.6) is 0 Å². The topological polar surface area (TPSA) is 37.4 Å². The molecule has 2 rings (SSSR count). The van der Waals surface area contributed by atoms with Gasteiger partial charge >= 0.3 is 0 Å². The first-order valence-corrected chi connectivity index (χ1v) is 7.14. The molecule has 0 saturated carbocycles. The molecule has 1 atom stereocenters. The van der Waals surface area contributed by atoms with Gasteiger partial charge in [-0.25, -0.2) is 0 Å². The van der Waals surface area contributed by atoms with E-state index in [4.69, 9.17) is 4.74 Å². The van der Waals surface area contributed by atoms with Gasteiger partial charge < -0.3 is 10.1 Å². The number of ether oxygens (including phenoxy) is 1. The summed E-state index contributed by atoms with van der Waals surface area (Å²) >= 11 is 0. The van der Waals surface area contributed by atoms with E-state index in [0.29, 0.717) is 6.04 Å². The Morgan fingerprint density at radius 3 is 3.00 bits per heavy atom. The van der Waals surface area contributed by atoms with E-state index in [1.807, 2.05) is 13.1 Å². The number of hydrogen-bond acceptors (Lipinski definition) is 4. The van der Waals surface area contributed by atoms with E-state index in [1.54, 1.807) is 7.11 Å². The normalized spacial score (nSPS) is 19.2. The van der Waals surface area contributed by atoms with Crippen molar-refractivity contribution in [2.24, 2.45) is 0 Å². The predicted molar refractivity (Wildman–Crippen MR) is 77.2 cm³/mol. The molecule has 1 aromatic heterocycles. The highest BCUT2D eigenvalue weighted by Gasteiger charge is 2.17. The van der Waals surface area contributed by atoms with Crippen LogP contribution in [0.25, 0.3) is 0 Å². The lowest BCUT2D eigenvalue weighted by atomic mass is 10.2. The third-order valence-corrected chi connectivity index (χ3v) is 3.63. The predicted octanol–water partition coefficient (Wildman–Crippen LogP) is 1.59. The molecule has 1 aromatic rings. The number of nitrogens with one attached hydrogen (secondary N) is 1. The Balaban J connectivity index is 1.89. The SMILES string of the molecule is COCCN(Cc1ccc(C)nc1)CC1CCCN1. The average Bonchev–Trinajstić information content (AvgIpc) is 2.91. The monoisotopic (exact) mass is 263 g/mol. The molecule has 0 amide bonds. The summed E-state index contributed by atoms with van der Waals surface area (Å²) in [7, 11) is 1.76. The van der Waals surface area contributed by atoms with Crippen molar-refractivity contribution in [1.82, 2.24) is 15.2 Å². The Kier molecular flexibility index (Phi) is 5.76. The van der Waals surface area contributed by atoms with Crippen molar-refractivity contribution in [1.29, 1.82) is 0 Å². The van der Waals surface area contributed by atoms with Gasteiger partial charge in [-0.05, 0) is 37.9 Å². The van der Waals surface area contributed by atoms with Gasteiger partial charge in [-0.1, -0.05) is 6.07 Å². The molecule has 1 aliphatic rings. The van der Waals surface area contributed by atoms with E-state index in [2.05, 4.69) is 27.3 Å². The zero-order chi connectivity index (χ0) is 13.5. The molecular formula is C15H25N3O. The Labute approximate surface area is 116 Å². The van der Waals surface area contributed by atoms with Gasteiger partial charge in [0, 0.05) is 44.7 Å². The lowest BCUT2D eigenvalue weighted by molar-refractivity contribution is 0.138. The van der Waals surface area contributed by atoms with E-state index in [1.165, 1.54) is 18.4 Å². The maximum atomic E-state index is 5.22. The van der Waals surface area contributed by atoms with Crippen LogP contribution in [0.15, 0.2) is 18.3 Å². The number of methoxy groups -OCH3 is 1. The Bertz CT molecular complexity index is 360. The summed E-state index contributed by atoms with van der Waals surface area (Å²) in [6, 6.07) is 4.89. The summed E-state index contributed by atoms with van der Waals surface area (Å²) in [4.78, 5) is 6.83. The molecule has 0 spiro atoms. The van der Waals surface area contributed by atoms with Crippen molar-refractivity contribution < 1.29 is 4.74 Å².